The van der Waals surface area contributed by atoms with E-state index in [1.54, 1.807) is 158 Å². The standard InChI is InChI=1S/C99H135N13O17/c1-62(2)55-77(109(17)95(125)83(64(5)6)105-86(116)66(9)102-97(127)129-98(12,13)14)90(120)106-84(68(11)128-99(72-47-33-23-34-48-72,73-49-35-24-36-50-73)74-51-37-25-38-52-74)96(126)110(18)78(58-70-43-29-21-30-44-70)88(118)100-61-81(113)107(15)80(56-63(3)4)94(124)111(19)85(65(7)8)91(121)103-75(57-69-41-27-20-28-42-69)87(117)104-76(60-82(114)115)93(123)108(16)79(59-71-45-31-22-32-46-71)89(119)101-67(10)92(122)112-53-39-26-40-54-112/h20-25,27-38,41-52,62-68,75-80,83-85H,26,39-40,53-61H2,1-19H3,(H,100,118)(H,101,119)(H,102,127)(H,103,121)(H,104,117)(H,105,116)(H,106,120)(H,114,115)/t66-,67-,68+,75-,76-,77?,78-,79-,80-,83-,84?,85-/m0/s1. The van der Waals surface area contributed by atoms with Gasteiger partial charge in [0.05, 0.1) is 19.1 Å². The molecule has 0 radical (unpaired) electrons. The van der Waals surface area contributed by atoms with Crippen molar-refractivity contribution < 1.29 is 81.7 Å². The van der Waals surface area contributed by atoms with Gasteiger partial charge in [-0.2, -0.15) is 0 Å². The summed E-state index contributed by atoms with van der Waals surface area (Å²) in [4.78, 5) is 213. The summed E-state index contributed by atoms with van der Waals surface area (Å²) in [7, 11) is 6.89. The molecule has 13 amide bonds. The Balaban J connectivity index is 1.19. The minimum Gasteiger partial charge on any atom is -0.481 e. The van der Waals surface area contributed by atoms with Crippen LogP contribution in [0.5, 0.6) is 0 Å². The highest BCUT2D eigenvalue weighted by atomic mass is 16.6. The van der Waals surface area contributed by atoms with Crippen molar-refractivity contribution >= 4 is 82.9 Å². The molecule has 0 spiro atoms. The Morgan fingerprint density at radius 2 is 0.806 bits per heavy atom. The highest BCUT2D eigenvalue weighted by Gasteiger charge is 2.47. The molecule has 6 aromatic rings. The summed E-state index contributed by atoms with van der Waals surface area (Å²) in [6.45, 7) is 24.1. The zero-order valence-corrected chi connectivity index (χ0v) is 78.2. The highest BCUT2D eigenvalue weighted by Crippen LogP contribution is 2.42. The van der Waals surface area contributed by atoms with Gasteiger partial charge in [-0.15, -0.1) is 0 Å². The maximum absolute atomic E-state index is 16.4. The molecule has 1 aliphatic heterocycles. The zero-order valence-electron chi connectivity index (χ0n) is 78.2. The van der Waals surface area contributed by atoms with E-state index in [4.69, 9.17) is 9.47 Å². The Bertz CT molecular complexity index is 4630. The molecule has 698 valence electrons. The van der Waals surface area contributed by atoms with Gasteiger partial charge >= 0.3 is 12.1 Å². The molecule has 7 rings (SSSR count). The van der Waals surface area contributed by atoms with Crippen molar-refractivity contribution in [3.05, 3.63) is 215 Å². The summed E-state index contributed by atoms with van der Waals surface area (Å²) in [6.07, 6.45) is -0.886. The number of alkyl carbamates (subject to hydrolysis) is 1. The smallest absolute Gasteiger partial charge is 0.408 e. The van der Waals surface area contributed by atoms with Gasteiger partial charge in [0.15, 0.2) is 0 Å². The van der Waals surface area contributed by atoms with Gasteiger partial charge in [-0.25, -0.2) is 4.79 Å². The predicted octanol–water partition coefficient (Wildman–Crippen LogP) is 8.61. The molecule has 30 nitrogen and oxygen atoms in total. The molecule has 30 heteroatoms. The fourth-order valence-electron chi connectivity index (χ4n) is 16.0. The first-order valence-electron chi connectivity index (χ1n) is 44.5. The number of amides is 13. The fourth-order valence-corrected chi connectivity index (χ4v) is 16.0. The number of nitrogens with one attached hydrogen (secondary N) is 7. The number of carbonyl (C=O) groups is 14. The second-order valence-corrected chi connectivity index (χ2v) is 36.1. The number of carboxylic acid groups (broad SMARTS) is 1. The maximum atomic E-state index is 16.4. The van der Waals surface area contributed by atoms with Gasteiger partial charge in [0.25, 0.3) is 0 Å². The number of benzene rings is 6. The molecule has 0 aromatic heterocycles. The third kappa shape index (κ3) is 29.6. The van der Waals surface area contributed by atoms with Crippen molar-refractivity contribution in [2.45, 2.75) is 238 Å². The number of nitrogens with zero attached hydrogens (tertiary/aromatic N) is 6. The summed E-state index contributed by atoms with van der Waals surface area (Å²) >= 11 is 0. The molecule has 8 N–H and O–H groups in total. The Morgan fingerprint density at radius 1 is 0.395 bits per heavy atom. The zero-order chi connectivity index (χ0) is 95.3. The van der Waals surface area contributed by atoms with E-state index in [9.17, 15) is 33.9 Å². The number of likely N-dealkylation sites (tertiary alicyclic amines) is 1. The molecule has 129 heavy (non-hydrogen) atoms. The van der Waals surface area contributed by atoms with Crippen LogP contribution in [0.4, 0.5) is 4.79 Å². The molecule has 12 atom stereocenters. The number of rotatable bonds is 44. The predicted molar refractivity (Wildman–Crippen MR) is 491 cm³/mol. The number of ether oxygens (including phenoxy) is 2. The molecule has 0 bridgehead atoms. The maximum Gasteiger partial charge on any atom is 0.408 e. The molecule has 1 heterocycles. The summed E-state index contributed by atoms with van der Waals surface area (Å²) < 4.78 is 12.9. The molecule has 6 aromatic carbocycles. The van der Waals surface area contributed by atoms with Crippen molar-refractivity contribution in [1.82, 2.24) is 66.6 Å². The largest absolute Gasteiger partial charge is 0.481 e. The molecule has 0 aliphatic carbocycles. The molecule has 1 aliphatic rings. The van der Waals surface area contributed by atoms with Crippen LogP contribution >= 0.6 is 0 Å². The lowest BCUT2D eigenvalue weighted by atomic mass is 9.79. The van der Waals surface area contributed by atoms with Gasteiger partial charge in [-0.3, -0.25) is 62.3 Å². The number of likely N-dealkylation sites (N-methyl/N-ethyl adjacent to an activating group) is 5. The van der Waals surface area contributed by atoms with Crippen molar-refractivity contribution in [2.24, 2.45) is 23.7 Å². The molecular weight excluding hydrogens is 1640 g/mol. The first kappa shape index (κ1) is 104. The minimum atomic E-state index is -1.81. The van der Waals surface area contributed by atoms with Crippen molar-refractivity contribution in [1.29, 1.82) is 0 Å². The van der Waals surface area contributed by atoms with E-state index >= 15 is 38.4 Å². The Hall–Kier alpha value is -12.3. The quantitative estimate of drug-likeness (QED) is 0.0166. The van der Waals surface area contributed by atoms with Gasteiger partial charge in [-0.05, 0) is 131 Å². The first-order valence-corrected chi connectivity index (χ1v) is 44.5. The van der Waals surface area contributed by atoms with Crippen molar-refractivity contribution in [2.75, 3.05) is 54.9 Å². The van der Waals surface area contributed by atoms with Gasteiger partial charge in [-0.1, -0.05) is 237 Å². The van der Waals surface area contributed by atoms with E-state index in [-0.39, 0.29) is 49.8 Å². The normalized spacial score (nSPS) is 15.1. The van der Waals surface area contributed by atoms with Crippen LogP contribution in [-0.4, -0.2) is 250 Å². The van der Waals surface area contributed by atoms with Crippen LogP contribution in [0.15, 0.2) is 182 Å². The summed E-state index contributed by atoms with van der Waals surface area (Å²) in [6, 6.07) is 38.9. The second-order valence-electron chi connectivity index (χ2n) is 36.1. The van der Waals surface area contributed by atoms with Gasteiger partial charge in [0.1, 0.15) is 77.7 Å². The minimum absolute atomic E-state index is 0.0362. The second kappa shape index (κ2) is 48.7. The molecule has 2 unspecified atom stereocenters. The van der Waals surface area contributed by atoms with Crippen LogP contribution < -0.4 is 37.2 Å². The number of piperidine rings is 1. The number of aliphatic carboxylic acids is 1. The SMILES string of the molecule is CC(C)CC(C(=O)NC(C(=O)N(C)[C@@H](Cc1ccccc1)C(=O)NCC(=O)N(C)[C@@H](CC(C)C)C(=O)N(C)[C@H](C(=O)N[C@@H](Cc1ccccc1)C(=O)N[C@@H](CC(=O)O)C(=O)N(C)[C@@H](Cc1ccccc1)C(=O)N[C@@H](C)C(=O)N1CCCCC1)C(C)C)[C@@H](C)OC(c1ccccc1)(c1ccccc1)c1ccccc1)N(C)C(=O)[C@@H](NC(=O)[C@H](C)NC(=O)OC(C)(C)C)C(C)C. The van der Waals surface area contributed by atoms with Crippen LogP contribution in [0.25, 0.3) is 0 Å². The van der Waals surface area contributed by atoms with E-state index in [0.717, 1.165) is 24.2 Å². The van der Waals surface area contributed by atoms with Crippen LogP contribution in [0.2, 0.25) is 0 Å². The van der Waals surface area contributed by atoms with Crippen LogP contribution in [-0.2, 0) is 96.7 Å². The third-order valence-corrected chi connectivity index (χ3v) is 23.1. The van der Waals surface area contributed by atoms with Crippen LogP contribution in [0.1, 0.15) is 169 Å². The number of carbonyl (C=O) groups excluding carboxylic acids is 13. The highest BCUT2D eigenvalue weighted by molar-refractivity contribution is 6.00. The van der Waals surface area contributed by atoms with E-state index < -0.39 is 186 Å². The Morgan fingerprint density at radius 3 is 1.26 bits per heavy atom. The number of carboxylic acids is 1. The lowest BCUT2D eigenvalue weighted by Crippen LogP contribution is -2.63. The average molecular weight is 1780 g/mol. The topological polar surface area (TPSA) is 381 Å². The lowest BCUT2D eigenvalue weighted by molar-refractivity contribution is -0.151. The molecular formula is C99H135N13O17. The summed E-state index contributed by atoms with van der Waals surface area (Å²) in [5.74, 6) is -12.3. The average Bonchev–Trinajstić information content (AvgIpc) is 0.747. The summed E-state index contributed by atoms with van der Waals surface area (Å²) in [5, 5.41) is 29.6. The van der Waals surface area contributed by atoms with E-state index in [2.05, 4.69) is 37.2 Å². The van der Waals surface area contributed by atoms with E-state index in [0.29, 0.717) is 46.5 Å². The van der Waals surface area contributed by atoms with Crippen LogP contribution in [0.3, 0.4) is 0 Å². The van der Waals surface area contributed by atoms with E-state index in [1.165, 1.54) is 61.8 Å². The van der Waals surface area contributed by atoms with Gasteiger partial charge in [0.2, 0.25) is 70.9 Å². The number of hydrogen-bond donors (Lipinski definition) is 8. The Kier molecular flexibility index (Phi) is 39.2. The van der Waals surface area contributed by atoms with Crippen molar-refractivity contribution in [3.63, 3.8) is 0 Å². The molecule has 1 fully saturated rings. The summed E-state index contributed by atoms with van der Waals surface area (Å²) in [5.41, 5.74) is 1.31. The fraction of sp³-hybridized carbons (Fsp3) is 0.495. The van der Waals surface area contributed by atoms with E-state index in [1.807, 2.05) is 119 Å². The first-order chi connectivity index (χ1) is 61.0. The third-order valence-electron chi connectivity index (χ3n) is 23.1. The van der Waals surface area contributed by atoms with Gasteiger partial charge in [0, 0.05) is 67.6 Å². The van der Waals surface area contributed by atoms with Crippen molar-refractivity contribution in [3.8, 4) is 0 Å². The monoisotopic (exact) mass is 1780 g/mol. The number of hydrogen-bond acceptors (Lipinski definition) is 16. The Labute approximate surface area is 759 Å². The lowest BCUT2D eigenvalue weighted by Gasteiger charge is -2.41. The van der Waals surface area contributed by atoms with Gasteiger partial charge < -0.3 is 81.2 Å². The molecule has 0 saturated carbocycles. The molecule has 1 saturated heterocycles. The van der Waals surface area contributed by atoms with Crippen LogP contribution in [0, 0.1) is 23.7 Å².